The first-order chi connectivity index (χ1) is 8.38. The smallest absolute Gasteiger partial charge is 0.119 e. The van der Waals surface area contributed by atoms with Gasteiger partial charge in [-0.05, 0) is 36.4 Å². The van der Waals surface area contributed by atoms with Crippen molar-refractivity contribution in [3.05, 3.63) is 59.9 Å². The maximum absolute atomic E-state index is 8.65. The molecule has 0 aliphatic heterocycles. The molecule has 0 fully saturated rings. The van der Waals surface area contributed by atoms with Crippen LogP contribution in [-0.2, 0) is 6.42 Å². The zero-order valence-electron chi connectivity index (χ0n) is 9.34. The monoisotopic (exact) mass is 224 g/mol. The second-order valence-corrected chi connectivity index (χ2v) is 3.56. The van der Waals surface area contributed by atoms with Gasteiger partial charge in [0.05, 0.1) is 18.2 Å². The summed E-state index contributed by atoms with van der Waals surface area (Å²) in [5, 5.41) is 8.65. The predicted octanol–water partition coefficient (Wildman–Crippen LogP) is 2.57. The molecule has 1 aromatic heterocycles. The van der Waals surface area contributed by atoms with Gasteiger partial charge in [-0.25, -0.2) is 0 Å². The Morgan fingerprint density at radius 2 is 1.94 bits per heavy atom. The molecule has 3 nitrogen and oxygen atoms in total. The van der Waals surface area contributed by atoms with Crippen molar-refractivity contribution in [1.29, 1.82) is 5.26 Å². The molecule has 0 bridgehead atoms. The first-order valence-electron chi connectivity index (χ1n) is 5.41. The van der Waals surface area contributed by atoms with Crippen molar-refractivity contribution in [3.63, 3.8) is 0 Å². The van der Waals surface area contributed by atoms with Crippen molar-refractivity contribution < 1.29 is 4.74 Å². The van der Waals surface area contributed by atoms with Crippen molar-refractivity contribution >= 4 is 0 Å². The lowest BCUT2D eigenvalue weighted by Crippen LogP contribution is -2.02. The fraction of sp³-hybridized carbons (Fsp3) is 0.143. The van der Waals surface area contributed by atoms with Gasteiger partial charge in [0.2, 0.25) is 0 Å². The topological polar surface area (TPSA) is 45.9 Å². The zero-order chi connectivity index (χ0) is 11.9. The Morgan fingerprint density at radius 3 is 2.59 bits per heavy atom. The molecule has 1 aromatic carbocycles. The van der Waals surface area contributed by atoms with Crippen LogP contribution < -0.4 is 4.74 Å². The Balaban J connectivity index is 1.84. The molecule has 0 radical (unpaired) electrons. The molecule has 2 rings (SSSR count). The number of benzene rings is 1. The van der Waals surface area contributed by atoms with Crippen LogP contribution >= 0.6 is 0 Å². The summed E-state index contributed by atoms with van der Waals surface area (Å²) in [6.45, 7) is 0.586. The van der Waals surface area contributed by atoms with E-state index in [2.05, 4.69) is 11.1 Å². The van der Waals surface area contributed by atoms with Crippen LogP contribution in [0.4, 0.5) is 0 Å². The summed E-state index contributed by atoms with van der Waals surface area (Å²) in [5.41, 5.74) is 1.66. The molecule has 0 saturated carbocycles. The zero-order valence-corrected chi connectivity index (χ0v) is 9.34. The molecule has 1 heterocycles. The van der Waals surface area contributed by atoms with E-state index < -0.39 is 0 Å². The highest BCUT2D eigenvalue weighted by Crippen LogP contribution is 2.11. The van der Waals surface area contributed by atoms with Gasteiger partial charge in [-0.2, -0.15) is 5.26 Å². The van der Waals surface area contributed by atoms with Gasteiger partial charge in [0.15, 0.2) is 0 Å². The number of nitriles is 1. The maximum atomic E-state index is 8.65. The number of rotatable bonds is 4. The number of hydrogen-bond donors (Lipinski definition) is 0. The van der Waals surface area contributed by atoms with E-state index in [1.54, 1.807) is 30.5 Å². The molecule has 0 aliphatic rings. The highest BCUT2D eigenvalue weighted by atomic mass is 16.5. The summed E-state index contributed by atoms with van der Waals surface area (Å²) >= 11 is 0. The highest BCUT2D eigenvalue weighted by molar-refractivity contribution is 5.34. The molecule has 3 heteroatoms. The summed E-state index contributed by atoms with van der Waals surface area (Å²) in [4.78, 5) is 4.21. The van der Waals surface area contributed by atoms with Crippen molar-refractivity contribution in [2.75, 3.05) is 6.61 Å². The minimum absolute atomic E-state index is 0.586. The molecule has 17 heavy (non-hydrogen) atoms. The molecule has 0 amide bonds. The minimum atomic E-state index is 0.586. The van der Waals surface area contributed by atoms with Crippen LogP contribution in [0.25, 0.3) is 0 Å². The van der Waals surface area contributed by atoms with Crippen molar-refractivity contribution in [2.24, 2.45) is 0 Å². The third-order valence-corrected chi connectivity index (χ3v) is 2.34. The van der Waals surface area contributed by atoms with Gasteiger partial charge in [-0.1, -0.05) is 6.07 Å². The standard InChI is InChI=1S/C14H12N2O/c15-11-12-4-6-14(7-5-12)17-10-8-13-3-1-2-9-16-13/h1-7,9H,8,10H2. The van der Waals surface area contributed by atoms with Crippen molar-refractivity contribution in [2.45, 2.75) is 6.42 Å². The van der Waals surface area contributed by atoms with Crippen LogP contribution in [0.3, 0.4) is 0 Å². The number of ether oxygens (including phenoxy) is 1. The molecular weight excluding hydrogens is 212 g/mol. The lowest BCUT2D eigenvalue weighted by molar-refractivity contribution is 0.320. The molecule has 84 valence electrons. The van der Waals surface area contributed by atoms with E-state index >= 15 is 0 Å². The molecule has 0 N–H and O–H groups in total. The molecule has 0 aliphatic carbocycles. The van der Waals surface area contributed by atoms with Crippen LogP contribution in [0.5, 0.6) is 5.75 Å². The number of aromatic nitrogens is 1. The normalized spacial score (nSPS) is 9.59. The SMILES string of the molecule is N#Cc1ccc(OCCc2ccccn2)cc1. The molecule has 0 unspecified atom stereocenters. The van der Waals surface area contributed by atoms with Gasteiger partial charge in [0.1, 0.15) is 5.75 Å². The van der Waals surface area contributed by atoms with Gasteiger partial charge in [0, 0.05) is 18.3 Å². The summed E-state index contributed by atoms with van der Waals surface area (Å²) in [7, 11) is 0. The summed E-state index contributed by atoms with van der Waals surface area (Å²) in [6.07, 6.45) is 2.55. The van der Waals surface area contributed by atoms with Crippen LogP contribution in [0, 0.1) is 11.3 Å². The lowest BCUT2D eigenvalue weighted by Gasteiger charge is -2.05. The van der Waals surface area contributed by atoms with Crippen molar-refractivity contribution in [1.82, 2.24) is 4.98 Å². The van der Waals surface area contributed by atoms with Gasteiger partial charge in [-0.3, -0.25) is 4.98 Å². The van der Waals surface area contributed by atoms with E-state index in [9.17, 15) is 0 Å². The van der Waals surface area contributed by atoms with Gasteiger partial charge in [0.25, 0.3) is 0 Å². The van der Waals surface area contributed by atoms with E-state index in [-0.39, 0.29) is 0 Å². The Labute approximate surface area is 100 Å². The van der Waals surface area contributed by atoms with Crippen LogP contribution in [-0.4, -0.2) is 11.6 Å². The Bertz CT molecular complexity index is 500. The van der Waals surface area contributed by atoms with E-state index in [0.717, 1.165) is 17.9 Å². The third-order valence-electron chi connectivity index (χ3n) is 2.34. The van der Waals surface area contributed by atoms with E-state index in [1.807, 2.05) is 18.2 Å². The molecule has 2 aromatic rings. The highest BCUT2D eigenvalue weighted by Gasteiger charge is 1.96. The summed E-state index contributed by atoms with van der Waals surface area (Å²) in [6, 6.07) is 15.0. The molecule has 0 atom stereocenters. The molecule has 0 spiro atoms. The fourth-order valence-corrected chi connectivity index (χ4v) is 1.45. The Hall–Kier alpha value is -2.34. The average Bonchev–Trinajstić information content (AvgIpc) is 2.41. The van der Waals surface area contributed by atoms with Crippen LogP contribution in [0.1, 0.15) is 11.3 Å². The molecular formula is C14H12N2O. The van der Waals surface area contributed by atoms with Crippen LogP contribution in [0.2, 0.25) is 0 Å². The Morgan fingerprint density at radius 1 is 1.12 bits per heavy atom. The lowest BCUT2D eigenvalue weighted by atomic mass is 10.2. The van der Waals surface area contributed by atoms with E-state index in [1.165, 1.54) is 0 Å². The van der Waals surface area contributed by atoms with Gasteiger partial charge >= 0.3 is 0 Å². The van der Waals surface area contributed by atoms with Crippen molar-refractivity contribution in [3.8, 4) is 11.8 Å². The van der Waals surface area contributed by atoms with Crippen LogP contribution in [0.15, 0.2) is 48.7 Å². The minimum Gasteiger partial charge on any atom is -0.493 e. The second kappa shape index (κ2) is 5.66. The number of nitrogens with zero attached hydrogens (tertiary/aromatic N) is 2. The fourth-order valence-electron chi connectivity index (χ4n) is 1.45. The summed E-state index contributed by atoms with van der Waals surface area (Å²) < 4.78 is 5.56. The van der Waals surface area contributed by atoms with Gasteiger partial charge < -0.3 is 4.74 Å². The first-order valence-corrected chi connectivity index (χ1v) is 5.41. The Kier molecular flexibility index (Phi) is 3.72. The van der Waals surface area contributed by atoms with Gasteiger partial charge in [-0.15, -0.1) is 0 Å². The average molecular weight is 224 g/mol. The summed E-state index contributed by atoms with van der Waals surface area (Å²) in [5.74, 6) is 0.778. The predicted molar refractivity (Wildman–Crippen MR) is 64.6 cm³/mol. The number of pyridine rings is 1. The first kappa shape index (κ1) is 11.2. The maximum Gasteiger partial charge on any atom is 0.119 e. The second-order valence-electron chi connectivity index (χ2n) is 3.56. The third kappa shape index (κ3) is 3.32. The molecule has 0 saturated heterocycles. The quantitative estimate of drug-likeness (QED) is 0.801. The largest absolute Gasteiger partial charge is 0.493 e. The van der Waals surface area contributed by atoms with E-state index in [4.69, 9.17) is 10.00 Å². The number of hydrogen-bond acceptors (Lipinski definition) is 3. The van der Waals surface area contributed by atoms with E-state index in [0.29, 0.717) is 12.2 Å².